The lowest BCUT2D eigenvalue weighted by atomic mass is 10.0. The molecular formula is C8H15NO4. The molecule has 0 saturated carbocycles. The van der Waals surface area contributed by atoms with Crippen LogP contribution < -0.4 is 0 Å². The van der Waals surface area contributed by atoms with Crippen LogP contribution in [0.5, 0.6) is 0 Å². The fourth-order valence-corrected chi connectivity index (χ4v) is 2.47. The van der Waals surface area contributed by atoms with E-state index in [9.17, 15) is 15.3 Å². The summed E-state index contributed by atoms with van der Waals surface area (Å²) in [5.41, 5.74) is 0. The van der Waals surface area contributed by atoms with Crippen LogP contribution in [0.15, 0.2) is 0 Å². The van der Waals surface area contributed by atoms with E-state index in [0.29, 0.717) is 13.0 Å². The SMILES string of the molecule is OC[C@@H]1[C@H](O)[C@@H](O)[C@H]2[C@H](O)CCN21. The highest BCUT2D eigenvalue weighted by atomic mass is 16.3. The Hall–Kier alpha value is -0.200. The Kier molecular flexibility index (Phi) is 2.29. The number of fused-ring (bicyclic) bond motifs is 1. The third kappa shape index (κ3) is 1.19. The van der Waals surface area contributed by atoms with Gasteiger partial charge in [0, 0.05) is 6.54 Å². The summed E-state index contributed by atoms with van der Waals surface area (Å²) in [5.74, 6) is 0. The van der Waals surface area contributed by atoms with Gasteiger partial charge in [0.15, 0.2) is 0 Å². The zero-order valence-electron chi connectivity index (χ0n) is 7.24. The third-order valence-corrected chi connectivity index (χ3v) is 3.17. The average Bonchev–Trinajstić information content (AvgIpc) is 2.57. The van der Waals surface area contributed by atoms with E-state index < -0.39 is 30.4 Å². The molecule has 2 aliphatic rings. The molecule has 0 unspecified atom stereocenters. The van der Waals surface area contributed by atoms with E-state index in [0.717, 1.165) is 0 Å². The first-order chi connectivity index (χ1) is 6.16. The predicted molar refractivity (Wildman–Crippen MR) is 44.0 cm³/mol. The molecule has 2 heterocycles. The molecule has 76 valence electrons. The van der Waals surface area contributed by atoms with Crippen molar-refractivity contribution >= 4 is 0 Å². The standard InChI is InChI=1S/C8H15NO4/c10-3-4-7(12)8(13)6-5(11)1-2-9(4)6/h4-8,10-13H,1-3H2/t4-,5-,6-,7+,8+/m1/s1. The fourth-order valence-electron chi connectivity index (χ4n) is 2.47. The Morgan fingerprint density at radius 2 is 1.85 bits per heavy atom. The molecule has 5 heteroatoms. The average molecular weight is 189 g/mol. The van der Waals surface area contributed by atoms with Crippen molar-refractivity contribution in [3.05, 3.63) is 0 Å². The Bertz CT molecular complexity index is 201. The van der Waals surface area contributed by atoms with Gasteiger partial charge in [-0.3, -0.25) is 4.90 Å². The maximum atomic E-state index is 9.58. The van der Waals surface area contributed by atoms with Crippen LogP contribution >= 0.6 is 0 Å². The molecule has 5 atom stereocenters. The third-order valence-electron chi connectivity index (χ3n) is 3.17. The topological polar surface area (TPSA) is 84.2 Å². The maximum Gasteiger partial charge on any atom is 0.0995 e. The van der Waals surface area contributed by atoms with Gasteiger partial charge in [0.2, 0.25) is 0 Å². The van der Waals surface area contributed by atoms with Crippen molar-refractivity contribution in [3.8, 4) is 0 Å². The molecule has 5 nitrogen and oxygen atoms in total. The lowest BCUT2D eigenvalue weighted by molar-refractivity contribution is -0.000895. The van der Waals surface area contributed by atoms with Gasteiger partial charge in [-0.05, 0) is 6.42 Å². The number of hydrogen-bond acceptors (Lipinski definition) is 5. The monoisotopic (exact) mass is 189 g/mol. The first kappa shape index (κ1) is 9.36. The highest BCUT2D eigenvalue weighted by Crippen LogP contribution is 2.33. The van der Waals surface area contributed by atoms with Crippen LogP contribution in [-0.2, 0) is 0 Å². The van der Waals surface area contributed by atoms with E-state index >= 15 is 0 Å². The van der Waals surface area contributed by atoms with Gasteiger partial charge in [0.25, 0.3) is 0 Å². The number of nitrogens with zero attached hydrogens (tertiary/aromatic N) is 1. The summed E-state index contributed by atoms with van der Waals surface area (Å²) in [6, 6.07) is -0.815. The van der Waals surface area contributed by atoms with E-state index in [-0.39, 0.29) is 6.61 Å². The Labute approximate surface area is 76.2 Å². The lowest BCUT2D eigenvalue weighted by Gasteiger charge is -2.22. The zero-order chi connectivity index (χ0) is 9.59. The molecular weight excluding hydrogens is 174 g/mol. The maximum absolute atomic E-state index is 9.58. The highest BCUT2D eigenvalue weighted by molar-refractivity contribution is 5.06. The zero-order valence-corrected chi connectivity index (χ0v) is 7.24. The van der Waals surface area contributed by atoms with Gasteiger partial charge >= 0.3 is 0 Å². The molecule has 0 bridgehead atoms. The van der Waals surface area contributed by atoms with Gasteiger partial charge in [0.05, 0.1) is 37.0 Å². The summed E-state index contributed by atoms with van der Waals surface area (Å²) < 4.78 is 0. The number of rotatable bonds is 1. The molecule has 0 aromatic heterocycles. The van der Waals surface area contributed by atoms with Crippen molar-refractivity contribution in [3.63, 3.8) is 0 Å². The summed E-state index contributed by atoms with van der Waals surface area (Å²) in [4.78, 5) is 1.79. The fraction of sp³-hybridized carbons (Fsp3) is 1.00. The van der Waals surface area contributed by atoms with Crippen molar-refractivity contribution in [2.24, 2.45) is 0 Å². The second-order valence-electron chi connectivity index (χ2n) is 3.82. The first-order valence-electron chi connectivity index (χ1n) is 4.57. The molecule has 2 fully saturated rings. The Morgan fingerprint density at radius 3 is 2.46 bits per heavy atom. The molecule has 2 aliphatic heterocycles. The molecule has 0 aromatic rings. The summed E-state index contributed by atoms with van der Waals surface area (Å²) >= 11 is 0. The van der Waals surface area contributed by atoms with Gasteiger partial charge in [-0.25, -0.2) is 0 Å². The van der Waals surface area contributed by atoms with Crippen molar-refractivity contribution in [1.29, 1.82) is 0 Å². The minimum absolute atomic E-state index is 0.179. The molecule has 0 amide bonds. The number of hydrogen-bond donors (Lipinski definition) is 4. The van der Waals surface area contributed by atoms with Crippen LogP contribution in [0.1, 0.15) is 6.42 Å². The van der Waals surface area contributed by atoms with E-state index in [4.69, 9.17) is 5.11 Å². The molecule has 0 spiro atoms. The van der Waals surface area contributed by atoms with Gasteiger partial charge in [-0.15, -0.1) is 0 Å². The second kappa shape index (κ2) is 3.18. The van der Waals surface area contributed by atoms with E-state index in [1.54, 1.807) is 4.90 Å². The molecule has 0 aliphatic carbocycles. The van der Waals surface area contributed by atoms with Gasteiger partial charge < -0.3 is 20.4 Å². The van der Waals surface area contributed by atoms with E-state index in [1.807, 2.05) is 0 Å². The molecule has 2 saturated heterocycles. The summed E-state index contributed by atoms with van der Waals surface area (Å²) in [6.45, 7) is 0.451. The van der Waals surface area contributed by atoms with Crippen LogP contribution in [0.2, 0.25) is 0 Å². The quantitative estimate of drug-likeness (QED) is 0.367. The van der Waals surface area contributed by atoms with Crippen molar-refractivity contribution in [2.75, 3.05) is 13.2 Å². The molecule has 0 radical (unpaired) electrons. The predicted octanol–water partition coefficient (Wildman–Crippen LogP) is -2.48. The van der Waals surface area contributed by atoms with Crippen LogP contribution in [0, 0.1) is 0 Å². The molecule has 2 rings (SSSR count). The van der Waals surface area contributed by atoms with Gasteiger partial charge in [0.1, 0.15) is 0 Å². The van der Waals surface area contributed by atoms with Crippen LogP contribution in [0.3, 0.4) is 0 Å². The minimum Gasteiger partial charge on any atom is -0.395 e. The number of aliphatic hydroxyl groups is 4. The van der Waals surface area contributed by atoms with Crippen LogP contribution in [0.25, 0.3) is 0 Å². The van der Waals surface area contributed by atoms with E-state index in [1.165, 1.54) is 0 Å². The van der Waals surface area contributed by atoms with Crippen LogP contribution in [0.4, 0.5) is 0 Å². The summed E-state index contributed by atoms with van der Waals surface area (Å²) in [6.07, 6.45) is -1.86. The van der Waals surface area contributed by atoms with Gasteiger partial charge in [-0.1, -0.05) is 0 Å². The lowest BCUT2D eigenvalue weighted by Crippen LogP contribution is -2.39. The van der Waals surface area contributed by atoms with Crippen LogP contribution in [-0.4, -0.2) is 68.9 Å². The van der Waals surface area contributed by atoms with Crippen molar-refractivity contribution < 1.29 is 20.4 Å². The molecule has 4 N–H and O–H groups in total. The second-order valence-corrected chi connectivity index (χ2v) is 3.82. The van der Waals surface area contributed by atoms with E-state index in [2.05, 4.69) is 0 Å². The Balaban J connectivity index is 2.19. The van der Waals surface area contributed by atoms with Crippen molar-refractivity contribution in [1.82, 2.24) is 4.90 Å². The first-order valence-corrected chi connectivity index (χ1v) is 4.57. The Morgan fingerprint density at radius 1 is 1.15 bits per heavy atom. The van der Waals surface area contributed by atoms with Crippen molar-refractivity contribution in [2.45, 2.75) is 36.8 Å². The summed E-state index contributed by atoms with van der Waals surface area (Å²) in [7, 11) is 0. The molecule has 0 aromatic carbocycles. The minimum atomic E-state index is -0.940. The molecule has 13 heavy (non-hydrogen) atoms. The smallest absolute Gasteiger partial charge is 0.0995 e. The highest BCUT2D eigenvalue weighted by Gasteiger charge is 2.52. The largest absolute Gasteiger partial charge is 0.395 e. The summed E-state index contributed by atoms with van der Waals surface area (Å²) in [5, 5.41) is 37.6. The normalized spacial score (nSPS) is 51.2. The number of aliphatic hydroxyl groups excluding tert-OH is 4. The van der Waals surface area contributed by atoms with Gasteiger partial charge in [-0.2, -0.15) is 0 Å².